The summed E-state index contributed by atoms with van der Waals surface area (Å²) in [6, 6.07) is 17.3. The van der Waals surface area contributed by atoms with E-state index in [0.717, 1.165) is 16.0 Å². The van der Waals surface area contributed by atoms with Crippen molar-refractivity contribution in [3.05, 3.63) is 93.2 Å². The number of nitrogens with zero attached hydrogens (tertiary/aromatic N) is 1. The Hall–Kier alpha value is -1.19. The van der Waals surface area contributed by atoms with Crippen molar-refractivity contribution in [3.63, 3.8) is 0 Å². The number of thioether (sulfide) groups is 1. The maximum Gasteiger partial charge on any atom is 0.0609 e. The van der Waals surface area contributed by atoms with Crippen LogP contribution in [0.2, 0.25) is 15.1 Å². The molecule has 0 spiro atoms. The van der Waals surface area contributed by atoms with Crippen LogP contribution in [0.5, 0.6) is 0 Å². The summed E-state index contributed by atoms with van der Waals surface area (Å²) in [6.07, 6.45) is 3.63. The Labute approximate surface area is 154 Å². The lowest BCUT2D eigenvalue weighted by molar-refractivity contribution is 1.11. The molecule has 0 saturated heterocycles. The Balaban J connectivity index is 2.02. The summed E-state index contributed by atoms with van der Waals surface area (Å²) < 4.78 is 0. The van der Waals surface area contributed by atoms with Crippen LogP contribution in [0.4, 0.5) is 0 Å². The average Bonchev–Trinajstić information content (AvgIpc) is 2.57. The van der Waals surface area contributed by atoms with E-state index in [-0.39, 0.29) is 5.25 Å². The fraction of sp³-hybridized carbons (Fsp3) is 0.0556. The monoisotopic (exact) mass is 379 g/mol. The molecule has 0 fully saturated rings. The lowest BCUT2D eigenvalue weighted by atomic mass is 10.1. The maximum absolute atomic E-state index is 6.32. The van der Waals surface area contributed by atoms with Crippen molar-refractivity contribution in [1.29, 1.82) is 0 Å². The van der Waals surface area contributed by atoms with Crippen molar-refractivity contribution in [2.75, 3.05) is 0 Å². The Bertz CT molecular complexity index is 791. The molecule has 5 heteroatoms. The fourth-order valence-corrected chi connectivity index (χ4v) is 4.00. The summed E-state index contributed by atoms with van der Waals surface area (Å²) in [5.41, 5.74) is 2.22. The summed E-state index contributed by atoms with van der Waals surface area (Å²) in [5, 5.41) is 2.11. The first kappa shape index (κ1) is 16.7. The summed E-state index contributed by atoms with van der Waals surface area (Å²) in [5.74, 6) is 0. The van der Waals surface area contributed by atoms with E-state index >= 15 is 0 Å². The fourth-order valence-electron chi connectivity index (χ4n) is 2.19. The van der Waals surface area contributed by atoms with Crippen molar-refractivity contribution in [2.24, 2.45) is 0 Å². The van der Waals surface area contributed by atoms with Crippen LogP contribution in [0.25, 0.3) is 0 Å². The lowest BCUT2D eigenvalue weighted by Crippen LogP contribution is -1.97. The smallest absolute Gasteiger partial charge is 0.0609 e. The van der Waals surface area contributed by atoms with Crippen LogP contribution in [-0.2, 0) is 0 Å². The summed E-state index contributed by atoms with van der Waals surface area (Å²) in [4.78, 5) is 5.17. The molecule has 0 amide bonds. The standard InChI is InChI=1S/C18H12Cl3NS/c19-14-5-3-12(4-6-14)18(13-2-1-9-22-11-13)23-17-10-15(20)7-8-16(17)21/h1-11,18H. The van der Waals surface area contributed by atoms with Crippen LogP contribution in [-0.4, -0.2) is 4.98 Å². The minimum Gasteiger partial charge on any atom is -0.264 e. The molecule has 1 unspecified atom stereocenters. The Morgan fingerprint density at radius 1 is 0.826 bits per heavy atom. The van der Waals surface area contributed by atoms with E-state index in [1.807, 2.05) is 48.7 Å². The highest BCUT2D eigenvalue weighted by Crippen LogP contribution is 2.43. The van der Waals surface area contributed by atoms with Gasteiger partial charge in [0.2, 0.25) is 0 Å². The van der Waals surface area contributed by atoms with Gasteiger partial charge in [0.25, 0.3) is 0 Å². The van der Waals surface area contributed by atoms with Crippen molar-refractivity contribution < 1.29 is 0 Å². The second-order valence-electron chi connectivity index (χ2n) is 4.91. The minimum absolute atomic E-state index is 0.0527. The molecule has 2 aromatic carbocycles. The molecule has 1 atom stereocenters. The average molecular weight is 381 g/mol. The molecule has 0 saturated carbocycles. The molecular weight excluding hydrogens is 369 g/mol. The largest absolute Gasteiger partial charge is 0.264 e. The Morgan fingerprint density at radius 2 is 1.57 bits per heavy atom. The third-order valence-electron chi connectivity index (χ3n) is 3.30. The van der Waals surface area contributed by atoms with Gasteiger partial charge in [-0.25, -0.2) is 0 Å². The third-order valence-corrected chi connectivity index (χ3v) is 5.60. The SMILES string of the molecule is Clc1ccc(C(Sc2cc(Cl)ccc2Cl)c2cccnc2)cc1. The molecule has 3 rings (SSSR count). The van der Waals surface area contributed by atoms with Gasteiger partial charge in [0.1, 0.15) is 0 Å². The summed E-state index contributed by atoms with van der Waals surface area (Å²) in [6.45, 7) is 0. The van der Waals surface area contributed by atoms with E-state index in [4.69, 9.17) is 34.8 Å². The second-order valence-corrected chi connectivity index (χ2v) is 7.34. The first-order valence-corrected chi connectivity index (χ1v) is 8.92. The van der Waals surface area contributed by atoms with Gasteiger partial charge in [-0.05, 0) is 47.5 Å². The van der Waals surface area contributed by atoms with Crippen LogP contribution in [0, 0.1) is 0 Å². The summed E-state index contributed by atoms with van der Waals surface area (Å²) >= 11 is 20.1. The first-order valence-electron chi connectivity index (χ1n) is 6.90. The molecule has 116 valence electrons. The normalized spacial score (nSPS) is 12.1. The van der Waals surface area contributed by atoms with Gasteiger partial charge >= 0.3 is 0 Å². The first-order chi connectivity index (χ1) is 11.1. The predicted molar refractivity (Wildman–Crippen MR) is 99.9 cm³/mol. The highest BCUT2D eigenvalue weighted by Gasteiger charge is 2.18. The van der Waals surface area contributed by atoms with Crippen LogP contribution < -0.4 is 0 Å². The topological polar surface area (TPSA) is 12.9 Å². The molecule has 1 heterocycles. The number of halogens is 3. The maximum atomic E-state index is 6.32. The number of rotatable bonds is 4. The van der Waals surface area contributed by atoms with Gasteiger partial charge in [-0.15, -0.1) is 11.8 Å². The Morgan fingerprint density at radius 3 is 2.26 bits per heavy atom. The van der Waals surface area contributed by atoms with Crippen molar-refractivity contribution in [2.45, 2.75) is 10.1 Å². The lowest BCUT2D eigenvalue weighted by Gasteiger charge is -2.18. The van der Waals surface area contributed by atoms with E-state index in [1.165, 1.54) is 0 Å². The quantitative estimate of drug-likeness (QED) is 0.455. The molecule has 1 aromatic heterocycles. The number of aromatic nitrogens is 1. The van der Waals surface area contributed by atoms with Gasteiger partial charge in [0, 0.05) is 27.3 Å². The van der Waals surface area contributed by atoms with E-state index in [1.54, 1.807) is 24.0 Å². The van der Waals surface area contributed by atoms with Crippen molar-refractivity contribution in [3.8, 4) is 0 Å². The molecule has 23 heavy (non-hydrogen) atoms. The van der Waals surface area contributed by atoms with E-state index < -0.39 is 0 Å². The van der Waals surface area contributed by atoms with Crippen LogP contribution in [0.15, 0.2) is 71.9 Å². The molecule has 0 N–H and O–H groups in total. The van der Waals surface area contributed by atoms with Crippen molar-refractivity contribution >= 4 is 46.6 Å². The van der Waals surface area contributed by atoms with Gasteiger partial charge in [0.05, 0.1) is 10.3 Å². The number of benzene rings is 2. The van der Waals surface area contributed by atoms with Gasteiger partial charge in [-0.3, -0.25) is 4.98 Å². The van der Waals surface area contributed by atoms with Gasteiger partial charge in [-0.2, -0.15) is 0 Å². The molecule has 3 aromatic rings. The van der Waals surface area contributed by atoms with E-state index in [9.17, 15) is 0 Å². The van der Waals surface area contributed by atoms with E-state index in [2.05, 4.69) is 11.1 Å². The number of hydrogen-bond acceptors (Lipinski definition) is 2. The zero-order chi connectivity index (χ0) is 16.2. The van der Waals surface area contributed by atoms with E-state index in [0.29, 0.717) is 15.1 Å². The van der Waals surface area contributed by atoms with Crippen LogP contribution >= 0.6 is 46.6 Å². The molecule has 0 aliphatic heterocycles. The highest BCUT2D eigenvalue weighted by molar-refractivity contribution is 7.99. The molecular formula is C18H12Cl3NS. The number of pyridine rings is 1. The molecule has 0 radical (unpaired) electrons. The molecule has 0 aliphatic carbocycles. The predicted octanol–water partition coefficient (Wildman–Crippen LogP) is 6.92. The van der Waals surface area contributed by atoms with Gasteiger partial charge < -0.3 is 0 Å². The van der Waals surface area contributed by atoms with Crippen molar-refractivity contribution in [1.82, 2.24) is 4.98 Å². The molecule has 0 bridgehead atoms. The highest BCUT2D eigenvalue weighted by atomic mass is 35.5. The number of hydrogen-bond donors (Lipinski definition) is 0. The zero-order valence-electron chi connectivity index (χ0n) is 11.9. The van der Waals surface area contributed by atoms with Gasteiger partial charge in [0.15, 0.2) is 0 Å². The third kappa shape index (κ3) is 4.21. The van der Waals surface area contributed by atoms with Crippen LogP contribution in [0.3, 0.4) is 0 Å². The second kappa shape index (κ2) is 7.59. The Kier molecular flexibility index (Phi) is 5.50. The molecule has 1 nitrogen and oxygen atoms in total. The van der Waals surface area contributed by atoms with Gasteiger partial charge in [-0.1, -0.05) is 53.0 Å². The summed E-state index contributed by atoms with van der Waals surface area (Å²) in [7, 11) is 0. The zero-order valence-corrected chi connectivity index (χ0v) is 15.0. The van der Waals surface area contributed by atoms with Crippen LogP contribution in [0.1, 0.15) is 16.4 Å². The molecule has 0 aliphatic rings. The minimum atomic E-state index is 0.0527.